The maximum absolute atomic E-state index is 8.57. The molecule has 0 saturated heterocycles. The average molecular weight is 225 g/mol. The van der Waals surface area contributed by atoms with Crippen LogP contribution in [0.2, 0.25) is 0 Å². The van der Waals surface area contributed by atoms with Crippen LogP contribution < -0.4 is 10.1 Å². The molecule has 1 N–H and O–H groups in total. The third-order valence-electron chi connectivity index (χ3n) is 2.07. The molecule has 84 valence electrons. The van der Waals surface area contributed by atoms with Crippen molar-refractivity contribution in [1.29, 1.82) is 10.5 Å². The molecule has 0 radical (unpaired) electrons. The summed E-state index contributed by atoms with van der Waals surface area (Å²) in [6, 6.07) is 8.92. The van der Waals surface area contributed by atoms with Crippen LogP contribution in [-0.4, -0.2) is 7.11 Å². The highest BCUT2D eigenvalue weighted by Gasteiger charge is 2.00. The van der Waals surface area contributed by atoms with E-state index in [0.29, 0.717) is 0 Å². The first-order valence-corrected chi connectivity index (χ1v) is 4.82. The van der Waals surface area contributed by atoms with Crippen LogP contribution in [0.25, 0.3) is 6.08 Å². The molecule has 4 heteroatoms. The zero-order chi connectivity index (χ0) is 12.7. The number of methoxy groups -OCH3 is 1. The highest BCUT2D eigenvalue weighted by Crippen LogP contribution is 2.23. The van der Waals surface area contributed by atoms with E-state index in [1.54, 1.807) is 37.5 Å². The molecule has 0 unspecified atom stereocenters. The standard InChI is InChI=1S/C13H11N3O/c1-3-11-6-12(4-5-13(11)17-2)16-9-10(7-14)8-15/h3-6,9,16H,1H2,2H3. The van der Waals surface area contributed by atoms with Crippen molar-refractivity contribution >= 4 is 11.8 Å². The number of anilines is 1. The summed E-state index contributed by atoms with van der Waals surface area (Å²) < 4.78 is 5.14. The van der Waals surface area contributed by atoms with E-state index in [9.17, 15) is 0 Å². The lowest BCUT2D eigenvalue weighted by Gasteiger charge is -2.07. The third kappa shape index (κ3) is 3.12. The van der Waals surface area contributed by atoms with E-state index in [-0.39, 0.29) is 5.57 Å². The normalized spacial score (nSPS) is 8.41. The van der Waals surface area contributed by atoms with Crippen molar-refractivity contribution in [3.63, 3.8) is 0 Å². The molecule has 1 aromatic carbocycles. The highest BCUT2D eigenvalue weighted by atomic mass is 16.5. The van der Waals surface area contributed by atoms with Crippen molar-refractivity contribution in [2.24, 2.45) is 0 Å². The Labute approximate surface area is 100 Å². The van der Waals surface area contributed by atoms with Crippen molar-refractivity contribution in [3.05, 3.63) is 42.1 Å². The Morgan fingerprint density at radius 2 is 2.12 bits per heavy atom. The molecule has 0 aliphatic heterocycles. The molecule has 1 rings (SSSR count). The van der Waals surface area contributed by atoms with Crippen LogP contribution in [0.15, 0.2) is 36.6 Å². The summed E-state index contributed by atoms with van der Waals surface area (Å²) in [7, 11) is 1.58. The number of rotatable bonds is 4. The number of nitriles is 2. The number of nitrogens with one attached hydrogen (secondary N) is 1. The van der Waals surface area contributed by atoms with E-state index in [1.165, 1.54) is 6.20 Å². The second-order valence-corrected chi connectivity index (χ2v) is 3.09. The Hall–Kier alpha value is -2.72. The smallest absolute Gasteiger partial charge is 0.145 e. The third-order valence-corrected chi connectivity index (χ3v) is 2.07. The van der Waals surface area contributed by atoms with Gasteiger partial charge in [-0.2, -0.15) is 10.5 Å². The van der Waals surface area contributed by atoms with Gasteiger partial charge >= 0.3 is 0 Å². The molecule has 0 aliphatic rings. The number of benzene rings is 1. The van der Waals surface area contributed by atoms with Crippen LogP contribution in [0.3, 0.4) is 0 Å². The van der Waals surface area contributed by atoms with Gasteiger partial charge < -0.3 is 10.1 Å². The van der Waals surface area contributed by atoms with Gasteiger partial charge in [0.25, 0.3) is 0 Å². The Morgan fingerprint density at radius 3 is 2.65 bits per heavy atom. The number of ether oxygens (including phenoxy) is 1. The van der Waals surface area contributed by atoms with Crippen molar-refractivity contribution in [2.75, 3.05) is 12.4 Å². The maximum atomic E-state index is 8.57. The summed E-state index contributed by atoms with van der Waals surface area (Å²) in [5.41, 5.74) is 1.60. The minimum absolute atomic E-state index is 0.0148. The first-order valence-electron chi connectivity index (χ1n) is 4.82. The molecular formula is C13H11N3O. The maximum Gasteiger partial charge on any atom is 0.145 e. The predicted octanol–water partition coefficient (Wildman–Crippen LogP) is 2.68. The molecule has 0 aliphatic carbocycles. The number of hydrogen-bond donors (Lipinski definition) is 1. The lowest BCUT2D eigenvalue weighted by molar-refractivity contribution is 0.414. The Kier molecular flexibility index (Phi) is 4.35. The van der Waals surface area contributed by atoms with Gasteiger partial charge in [0.1, 0.15) is 23.5 Å². The fourth-order valence-corrected chi connectivity index (χ4v) is 1.23. The molecule has 1 aromatic rings. The van der Waals surface area contributed by atoms with Crippen molar-refractivity contribution in [3.8, 4) is 17.9 Å². The van der Waals surface area contributed by atoms with Gasteiger partial charge in [0.05, 0.1) is 7.11 Å². The largest absolute Gasteiger partial charge is 0.496 e. The van der Waals surface area contributed by atoms with Crippen LogP contribution in [0, 0.1) is 22.7 Å². The van der Waals surface area contributed by atoms with Gasteiger partial charge in [-0.25, -0.2) is 0 Å². The summed E-state index contributed by atoms with van der Waals surface area (Å²) in [5, 5.41) is 20.0. The summed E-state index contributed by atoms with van der Waals surface area (Å²) in [6.45, 7) is 3.68. The van der Waals surface area contributed by atoms with E-state index >= 15 is 0 Å². The minimum Gasteiger partial charge on any atom is -0.496 e. The highest BCUT2D eigenvalue weighted by molar-refractivity contribution is 5.63. The zero-order valence-electron chi connectivity index (χ0n) is 9.40. The van der Waals surface area contributed by atoms with Crippen LogP contribution >= 0.6 is 0 Å². The first kappa shape index (κ1) is 12.4. The summed E-state index contributed by atoms with van der Waals surface area (Å²) in [5.74, 6) is 0.718. The first-order chi connectivity index (χ1) is 8.24. The minimum atomic E-state index is 0.0148. The van der Waals surface area contributed by atoms with Crippen molar-refractivity contribution < 1.29 is 4.74 Å². The van der Waals surface area contributed by atoms with Crippen molar-refractivity contribution in [2.45, 2.75) is 0 Å². The molecule has 4 nitrogen and oxygen atoms in total. The fourth-order valence-electron chi connectivity index (χ4n) is 1.23. The molecular weight excluding hydrogens is 214 g/mol. The molecule has 17 heavy (non-hydrogen) atoms. The van der Waals surface area contributed by atoms with Gasteiger partial charge in [-0.05, 0) is 18.2 Å². The van der Waals surface area contributed by atoms with Crippen LogP contribution in [0.4, 0.5) is 5.69 Å². The zero-order valence-corrected chi connectivity index (χ0v) is 9.40. The lowest BCUT2D eigenvalue weighted by atomic mass is 10.1. The Bertz CT molecular complexity index is 517. The van der Waals surface area contributed by atoms with Gasteiger partial charge in [0, 0.05) is 17.5 Å². The van der Waals surface area contributed by atoms with E-state index in [0.717, 1.165) is 17.0 Å². The van der Waals surface area contributed by atoms with E-state index in [1.807, 2.05) is 6.07 Å². The van der Waals surface area contributed by atoms with Gasteiger partial charge in [-0.3, -0.25) is 0 Å². The topological polar surface area (TPSA) is 68.8 Å². The predicted molar refractivity (Wildman–Crippen MR) is 66.0 cm³/mol. The molecule has 0 saturated carbocycles. The monoisotopic (exact) mass is 225 g/mol. The van der Waals surface area contributed by atoms with Gasteiger partial charge in [-0.15, -0.1) is 0 Å². The molecule has 0 fully saturated rings. The number of nitrogens with zero attached hydrogens (tertiary/aromatic N) is 2. The number of allylic oxidation sites excluding steroid dienone is 1. The number of hydrogen-bond acceptors (Lipinski definition) is 4. The molecule has 0 spiro atoms. The molecule has 0 heterocycles. The van der Waals surface area contributed by atoms with E-state index in [2.05, 4.69) is 11.9 Å². The van der Waals surface area contributed by atoms with Crippen LogP contribution in [0.5, 0.6) is 5.75 Å². The van der Waals surface area contributed by atoms with E-state index < -0.39 is 0 Å². The average Bonchev–Trinajstić information content (AvgIpc) is 2.39. The van der Waals surface area contributed by atoms with Gasteiger partial charge in [0.15, 0.2) is 0 Å². The molecule has 0 atom stereocenters. The van der Waals surface area contributed by atoms with Crippen LogP contribution in [0.1, 0.15) is 5.56 Å². The Morgan fingerprint density at radius 1 is 1.41 bits per heavy atom. The van der Waals surface area contributed by atoms with Gasteiger partial charge in [-0.1, -0.05) is 12.7 Å². The van der Waals surface area contributed by atoms with Crippen molar-refractivity contribution in [1.82, 2.24) is 0 Å². The second kappa shape index (κ2) is 5.99. The SMILES string of the molecule is C=Cc1cc(NC=C(C#N)C#N)ccc1OC. The second-order valence-electron chi connectivity index (χ2n) is 3.09. The fraction of sp³-hybridized carbons (Fsp3) is 0.0769. The van der Waals surface area contributed by atoms with E-state index in [4.69, 9.17) is 15.3 Å². The van der Waals surface area contributed by atoms with Gasteiger partial charge in [0.2, 0.25) is 0 Å². The molecule has 0 aromatic heterocycles. The Balaban J connectivity index is 2.96. The summed E-state index contributed by atoms with van der Waals surface area (Å²) >= 11 is 0. The van der Waals surface area contributed by atoms with Crippen LogP contribution in [-0.2, 0) is 0 Å². The molecule has 0 amide bonds. The summed E-state index contributed by atoms with van der Waals surface area (Å²) in [4.78, 5) is 0. The summed E-state index contributed by atoms with van der Waals surface area (Å²) in [6.07, 6.45) is 3.03. The lowest BCUT2D eigenvalue weighted by Crippen LogP contribution is -1.92. The molecule has 0 bridgehead atoms. The quantitative estimate of drug-likeness (QED) is 0.800.